The summed E-state index contributed by atoms with van der Waals surface area (Å²) in [5.41, 5.74) is 2.12. The molecule has 27 heavy (non-hydrogen) atoms. The molecule has 2 aromatic rings. The molecule has 10 heteroatoms. The van der Waals surface area contributed by atoms with Crippen LogP contribution in [0.1, 0.15) is 32.3 Å². The predicted molar refractivity (Wildman–Crippen MR) is 92.6 cm³/mol. The minimum Gasteiger partial charge on any atom is -0.418 e. The van der Waals surface area contributed by atoms with E-state index >= 15 is 0 Å². The van der Waals surface area contributed by atoms with E-state index in [4.69, 9.17) is 9.47 Å². The average Bonchev–Trinajstić information content (AvgIpc) is 3.04. The SMILES string of the molecule is CCCC1(C)OC(=O)C(=NNc2c(C#N)cnn2-c2ccccn2)C(=O)O1. The number of esters is 2. The molecule has 3 heterocycles. The minimum atomic E-state index is -1.31. The van der Waals surface area contributed by atoms with E-state index in [1.165, 1.54) is 17.8 Å². The van der Waals surface area contributed by atoms with Gasteiger partial charge in [-0.1, -0.05) is 13.0 Å². The van der Waals surface area contributed by atoms with Gasteiger partial charge in [0.15, 0.2) is 11.6 Å². The highest BCUT2D eigenvalue weighted by Gasteiger charge is 2.43. The van der Waals surface area contributed by atoms with Crippen LogP contribution < -0.4 is 5.43 Å². The number of aromatic nitrogens is 3. The second kappa shape index (κ2) is 7.25. The van der Waals surface area contributed by atoms with Gasteiger partial charge in [-0.2, -0.15) is 20.1 Å². The van der Waals surface area contributed by atoms with Crippen molar-refractivity contribution in [2.24, 2.45) is 5.10 Å². The first kappa shape index (κ1) is 18.1. The van der Waals surface area contributed by atoms with Crippen molar-refractivity contribution in [3.8, 4) is 11.9 Å². The molecular formula is C17H16N6O4. The highest BCUT2D eigenvalue weighted by atomic mass is 16.7. The van der Waals surface area contributed by atoms with E-state index in [0.29, 0.717) is 18.7 Å². The Bertz CT molecular complexity index is 924. The van der Waals surface area contributed by atoms with E-state index in [1.54, 1.807) is 24.4 Å². The lowest BCUT2D eigenvalue weighted by Gasteiger charge is -2.32. The molecule has 10 nitrogen and oxygen atoms in total. The van der Waals surface area contributed by atoms with Gasteiger partial charge < -0.3 is 9.47 Å². The Morgan fingerprint density at radius 2 is 2.07 bits per heavy atom. The lowest BCUT2D eigenvalue weighted by molar-refractivity contribution is -0.223. The van der Waals surface area contributed by atoms with Crippen LogP contribution >= 0.6 is 0 Å². The first-order valence-electron chi connectivity index (χ1n) is 8.17. The molecule has 1 aliphatic rings. The molecule has 1 saturated heterocycles. The Kier molecular flexibility index (Phi) is 4.85. The number of pyridine rings is 1. The largest absolute Gasteiger partial charge is 0.418 e. The number of carbonyl (C=O) groups is 2. The van der Waals surface area contributed by atoms with Gasteiger partial charge in [0.2, 0.25) is 0 Å². The number of hydrogen-bond donors (Lipinski definition) is 1. The number of ether oxygens (including phenoxy) is 2. The van der Waals surface area contributed by atoms with Crippen LogP contribution in [0.2, 0.25) is 0 Å². The van der Waals surface area contributed by atoms with Gasteiger partial charge >= 0.3 is 11.9 Å². The van der Waals surface area contributed by atoms with Crippen LogP contribution in [0.5, 0.6) is 0 Å². The number of nitrogens with zero attached hydrogens (tertiary/aromatic N) is 5. The highest BCUT2D eigenvalue weighted by molar-refractivity contribution is 6.63. The molecule has 1 aliphatic heterocycles. The Labute approximate surface area is 154 Å². The number of rotatable bonds is 5. The second-order valence-corrected chi connectivity index (χ2v) is 5.85. The summed E-state index contributed by atoms with van der Waals surface area (Å²) in [4.78, 5) is 28.5. The monoisotopic (exact) mass is 368 g/mol. The van der Waals surface area contributed by atoms with Gasteiger partial charge in [0.05, 0.1) is 6.20 Å². The van der Waals surface area contributed by atoms with Crippen molar-refractivity contribution in [2.45, 2.75) is 32.5 Å². The number of nitriles is 1. The van der Waals surface area contributed by atoms with Crippen LogP contribution in [0.25, 0.3) is 5.82 Å². The standard InChI is InChI=1S/C17H16N6O4/c1-3-7-17(2)26-15(24)13(16(25)27-17)21-22-14-11(9-18)10-20-23(14)12-6-4-5-8-19-12/h4-6,8,10,22H,3,7H2,1-2H3. The van der Waals surface area contributed by atoms with Crippen LogP contribution in [0.3, 0.4) is 0 Å². The van der Waals surface area contributed by atoms with Gasteiger partial charge in [0, 0.05) is 19.5 Å². The summed E-state index contributed by atoms with van der Waals surface area (Å²) in [5, 5.41) is 17.1. The summed E-state index contributed by atoms with van der Waals surface area (Å²) in [6.07, 6.45) is 3.91. The van der Waals surface area contributed by atoms with Crippen LogP contribution in [0.4, 0.5) is 5.82 Å². The van der Waals surface area contributed by atoms with Crippen LogP contribution in [0.15, 0.2) is 35.7 Å². The van der Waals surface area contributed by atoms with E-state index in [2.05, 4.69) is 20.6 Å². The maximum Gasteiger partial charge on any atom is 0.369 e. The topological polar surface area (TPSA) is 131 Å². The van der Waals surface area contributed by atoms with Crippen LogP contribution in [-0.2, 0) is 19.1 Å². The third-order valence-electron chi connectivity index (χ3n) is 3.74. The van der Waals surface area contributed by atoms with Crippen molar-refractivity contribution in [1.29, 1.82) is 5.26 Å². The molecule has 0 atom stereocenters. The summed E-state index contributed by atoms with van der Waals surface area (Å²) in [7, 11) is 0. The molecule has 0 bridgehead atoms. The number of nitrogens with one attached hydrogen (secondary N) is 1. The fourth-order valence-corrected chi connectivity index (χ4v) is 2.54. The Hall–Kier alpha value is -3.74. The van der Waals surface area contributed by atoms with Gasteiger partial charge in [-0.25, -0.2) is 14.6 Å². The zero-order valence-corrected chi connectivity index (χ0v) is 14.7. The molecule has 0 radical (unpaired) electrons. The number of carbonyl (C=O) groups excluding carboxylic acids is 2. The normalized spacial score (nSPS) is 19.1. The molecule has 1 fully saturated rings. The lowest BCUT2D eigenvalue weighted by atomic mass is 10.1. The third kappa shape index (κ3) is 3.62. The van der Waals surface area contributed by atoms with E-state index in [1.807, 2.05) is 13.0 Å². The van der Waals surface area contributed by atoms with E-state index < -0.39 is 23.4 Å². The van der Waals surface area contributed by atoms with E-state index in [9.17, 15) is 14.9 Å². The number of hydrogen-bond acceptors (Lipinski definition) is 9. The van der Waals surface area contributed by atoms with Crippen molar-refractivity contribution in [3.05, 3.63) is 36.2 Å². The lowest BCUT2D eigenvalue weighted by Crippen LogP contribution is -2.48. The summed E-state index contributed by atoms with van der Waals surface area (Å²) in [5.74, 6) is -2.55. The Balaban J connectivity index is 1.89. The second-order valence-electron chi connectivity index (χ2n) is 5.85. The smallest absolute Gasteiger partial charge is 0.369 e. The van der Waals surface area contributed by atoms with Gasteiger partial charge in [-0.3, -0.25) is 5.43 Å². The molecular weight excluding hydrogens is 352 g/mol. The van der Waals surface area contributed by atoms with Crippen LogP contribution in [-0.4, -0.2) is 38.2 Å². The maximum atomic E-state index is 12.2. The van der Waals surface area contributed by atoms with Crippen molar-refractivity contribution in [1.82, 2.24) is 14.8 Å². The molecule has 1 N–H and O–H groups in total. The van der Waals surface area contributed by atoms with Gasteiger partial charge in [-0.15, -0.1) is 0 Å². The van der Waals surface area contributed by atoms with E-state index in [-0.39, 0.29) is 11.4 Å². The minimum absolute atomic E-state index is 0.145. The first-order valence-corrected chi connectivity index (χ1v) is 8.17. The van der Waals surface area contributed by atoms with Gasteiger partial charge in [0.1, 0.15) is 11.6 Å². The quantitative estimate of drug-likeness (QED) is 0.621. The Morgan fingerprint density at radius 1 is 1.33 bits per heavy atom. The van der Waals surface area contributed by atoms with Crippen molar-refractivity contribution >= 4 is 23.5 Å². The molecule has 3 rings (SSSR count). The maximum absolute atomic E-state index is 12.2. The van der Waals surface area contributed by atoms with Crippen molar-refractivity contribution in [3.63, 3.8) is 0 Å². The molecule has 0 saturated carbocycles. The predicted octanol–water partition coefficient (Wildman–Crippen LogP) is 1.52. The summed E-state index contributed by atoms with van der Waals surface area (Å²) in [6.45, 7) is 3.39. The number of hydrazone groups is 1. The van der Waals surface area contributed by atoms with Gasteiger partial charge in [-0.05, 0) is 18.6 Å². The molecule has 0 aromatic carbocycles. The summed E-state index contributed by atoms with van der Waals surface area (Å²) >= 11 is 0. The third-order valence-corrected chi connectivity index (χ3v) is 3.74. The fraction of sp³-hybridized carbons (Fsp3) is 0.294. The van der Waals surface area contributed by atoms with Gasteiger partial charge in [0.25, 0.3) is 11.5 Å². The molecule has 0 unspecified atom stereocenters. The molecule has 138 valence electrons. The summed E-state index contributed by atoms with van der Waals surface area (Å²) in [6, 6.07) is 7.10. The fourth-order valence-electron chi connectivity index (χ4n) is 2.54. The number of cyclic esters (lactones) is 2. The molecule has 0 aliphatic carbocycles. The van der Waals surface area contributed by atoms with Crippen molar-refractivity contribution < 1.29 is 19.1 Å². The zero-order valence-electron chi connectivity index (χ0n) is 14.7. The molecule has 0 amide bonds. The average molecular weight is 368 g/mol. The number of anilines is 1. The molecule has 0 spiro atoms. The molecule has 2 aromatic heterocycles. The van der Waals surface area contributed by atoms with Crippen LogP contribution in [0, 0.1) is 11.3 Å². The zero-order chi connectivity index (χ0) is 19.4. The van der Waals surface area contributed by atoms with E-state index in [0.717, 1.165) is 0 Å². The van der Waals surface area contributed by atoms with Crippen molar-refractivity contribution in [2.75, 3.05) is 5.43 Å². The highest BCUT2D eigenvalue weighted by Crippen LogP contribution is 2.25. The Morgan fingerprint density at radius 3 is 2.67 bits per heavy atom. The first-order chi connectivity index (χ1) is 13.0. The summed E-state index contributed by atoms with van der Waals surface area (Å²) < 4.78 is 11.7.